The molecule has 1 aromatic carbocycles. The average molecular weight is 423 g/mol. The molecule has 1 aromatic heterocycles. The van der Waals surface area contributed by atoms with Gasteiger partial charge in [0.2, 0.25) is 0 Å². The van der Waals surface area contributed by atoms with E-state index in [9.17, 15) is 4.79 Å². The summed E-state index contributed by atoms with van der Waals surface area (Å²) in [7, 11) is 0. The number of benzene rings is 1. The van der Waals surface area contributed by atoms with E-state index in [4.69, 9.17) is 4.74 Å². The Hall–Kier alpha value is -2.34. The van der Waals surface area contributed by atoms with Crippen molar-refractivity contribution in [3.63, 3.8) is 0 Å². The van der Waals surface area contributed by atoms with E-state index in [1.807, 2.05) is 21.8 Å². The summed E-state index contributed by atoms with van der Waals surface area (Å²) in [6.07, 6.45) is 13.8. The van der Waals surface area contributed by atoms with Crippen molar-refractivity contribution in [1.29, 1.82) is 0 Å². The molecule has 0 bridgehead atoms. The van der Waals surface area contributed by atoms with Gasteiger partial charge in [-0.25, -0.2) is 4.68 Å². The normalized spacial score (nSPS) is 21.1. The van der Waals surface area contributed by atoms with Gasteiger partial charge in [0.05, 0.1) is 17.4 Å². The van der Waals surface area contributed by atoms with Crippen LogP contribution in [0.25, 0.3) is 5.69 Å². The largest absolute Gasteiger partial charge is 0.490 e. The third-order valence-electron chi connectivity index (χ3n) is 7.26. The van der Waals surface area contributed by atoms with Crippen LogP contribution in [0.4, 0.5) is 0 Å². The Labute approximate surface area is 185 Å². The molecule has 0 radical (unpaired) electrons. The van der Waals surface area contributed by atoms with Crippen LogP contribution in [-0.4, -0.2) is 63.8 Å². The number of likely N-dealkylation sites (tertiary alicyclic amines) is 2. The van der Waals surface area contributed by atoms with Crippen molar-refractivity contribution in [3.05, 3.63) is 41.7 Å². The van der Waals surface area contributed by atoms with Gasteiger partial charge >= 0.3 is 0 Å². The number of hydrogen-bond acceptors (Lipinski definition) is 4. The molecule has 0 spiro atoms. The quantitative estimate of drug-likeness (QED) is 0.725. The number of rotatable bonds is 5. The summed E-state index contributed by atoms with van der Waals surface area (Å²) in [5, 5.41) is 4.45. The van der Waals surface area contributed by atoms with Gasteiger partial charge in [0.25, 0.3) is 5.91 Å². The molecule has 5 rings (SSSR count). The Morgan fingerprint density at radius 3 is 2.45 bits per heavy atom. The molecule has 2 aliphatic heterocycles. The number of carbonyl (C=O) groups excluding carboxylic acids is 1. The Morgan fingerprint density at radius 2 is 1.74 bits per heavy atom. The van der Waals surface area contributed by atoms with Gasteiger partial charge in [0.1, 0.15) is 11.9 Å². The molecule has 0 unspecified atom stereocenters. The zero-order chi connectivity index (χ0) is 21.2. The number of aromatic nitrogens is 2. The van der Waals surface area contributed by atoms with E-state index in [0.29, 0.717) is 11.7 Å². The van der Waals surface area contributed by atoms with E-state index >= 15 is 0 Å². The summed E-state index contributed by atoms with van der Waals surface area (Å²) in [4.78, 5) is 17.2. The third-order valence-corrected chi connectivity index (χ3v) is 7.26. The van der Waals surface area contributed by atoms with Gasteiger partial charge in [-0.2, -0.15) is 5.10 Å². The Balaban J connectivity index is 1.20. The summed E-state index contributed by atoms with van der Waals surface area (Å²) >= 11 is 0. The second-order valence-corrected chi connectivity index (χ2v) is 9.41. The van der Waals surface area contributed by atoms with Crippen molar-refractivity contribution in [2.45, 2.75) is 70.4 Å². The first-order valence-electron chi connectivity index (χ1n) is 12.0. The van der Waals surface area contributed by atoms with Gasteiger partial charge in [-0.05, 0) is 69.2 Å². The minimum Gasteiger partial charge on any atom is -0.490 e. The molecule has 0 atom stereocenters. The van der Waals surface area contributed by atoms with E-state index in [-0.39, 0.29) is 5.91 Å². The second-order valence-electron chi connectivity index (χ2n) is 9.41. The van der Waals surface area contributed by atoms with Crippen molar-refractivity contribution in [1.82, 2.24) is 19.6 Å². The van der Waals surface area contributed by atoms with Crippen LogP contribution in [0.2, 0.25) is 0 Å². The highest BCUT2D eigenvalue weighted by Gasteiger charge is 2.28. The van der Waals surface area contributed by atoms with Gasteiger partial charge in [0, 0.05) is 38.4 Å². The van der Waals surface area contributed by atoms with E-state index in [1.165, 1.54) is 25.7 Å². The first-order valence-corrected chi connectivity index (χ1v) is 12.0. The lowest BCUT2D eigenvalue weighted by Gasteiger charge is -2.36. The maximum Gasteiger partial charge on any atom is 0.257 e. The van der Waals surface area contributed by atoms with Crippen molar-refractivity contribution in [2.75, 3.05) is 26.2 Å². The lowest BCUT2D eigenvalue weighted by atomic mass is 10.0. The van der Waals surface area contributed by atoms with Crippen molar-refractivity contribution in [3.8, 4) is 11.4 Å². The molecule has 6 nitrogen and oxygen atoms in total. The van der Waals surface area contributed by atoms with E-state index in [1.54, 1.807) is 6.20 Å². The molecule has 2 saturated heterocycles. The summed E-state index contributed by atoms with van der Waals surface area (Å²) in [5.74, 6) is 1.02. The molecule has 2 aromatic rings. The monoisotopic (exact) mass is 422 g/mol. The summed E-state index contributed by atoms with van der Waals surface area (Å²) in [6.45, 7) is 6.11. The summed E-state index contributed by atoms with van der Waals surface area (Å²) in [6, 6.07) is 7.01. The van der Waals surface area contributed by atoms with Crippen LogP contribution in [-0.2, 0) is 0 Å². The predicted molar refractivity (Wildman–Crippen MR) is 121 cm³/mol. The van der Waals surface area contributed by atoms with Crippen LogP contribution in [0, 0.1) is 6.92 Å². The fraction of sp³-hybridized carbons (Fsp3) is 0.600. The van der Waals surface area contributed by atoms with Crippen LogP contribution in [0.5, 0.6) is 5.75 Å². The highest BCUT2D eigenvalue weighted by atomic mass is 16.5. The zero-order valence-electron chi connectivity index (χ0n) is 18.6. The van der Waals surface area contributed by atoms with E-state index in [2.05, 4.69) is 29.1 Å². The lowest BCUT2D eigenvalue weighted by Crippen LogP contribution is -2.43. The first kappa shape index (κ1) is 20.6. The molecule has 0 N–H and O–H groups in total. The fourth-order valence-corrected chi connectivity index (χ4v) is 5.45. The molecule has 3 fully saturated rings. The van der Waals surface area contributed by atoms with Gasteiger partial charge in [-0.3, -0.25) is 4.79 Å². The van der Waals surface area contributed by atoms with Crippen LogP contribution in [0.1, 0.15) is 67.3 Å². The van der Waals surface area contributed by atoms with Crippen LogP contribution in [0.3, 0.4) is 0 Å². The van der Waals surface area contributed by atoms with Crippen molar-refractivity contribution < 1.29 is 9.53 Å². The Kier molecular flexibility index (Phi) is 5.99. The van der Waals surface area contributed by atoms with E-state index in [0.717, 1.165) is 74.9 Å². The number of carbonyl (C=O) groups is 1. The minimum atomic E-state index is 0.0882. The highest BCUT2D eigenvalue weighted by molar-refractivity contribution is 5.94. The van der Waals surface area contributed by atoms with E-state index < -0.39 is 0 Å². The molecular formula is C25H34N4O2. The third kappa shape index (κ3) is 4.49. The number of hydrogen-bond donors (Lipinski definition) is 0. The maximum absolute atomic E-state index is 12.6. The number of piperidine rings is 1. The number of amides is 1. The zero-order valence-corrected chi connectivity index (χ0v) is 18.6. The number of ether oxygens (including phenoxy) is 1. The summed E-state index contributed by atoms with van der Waals surface area (Å²) < 4.78 is 8.14. The fourth-order valence-electron chi connectivity index (χ4n) is 5.45. The van der Waals surface area contributed by atoms with Crippen molar-refractivity contribution in [2.24, 2.45) is 0 Å². The predicted octanol–water partition coefficient (Wildman–Crippen LogP) is 4.20. The molecule has 166 valence electrons. The van der Waals surface area contributed by atoms with Crippen LogP contribution in [0.15, 0.2) is 30.6 Å². The minimum absolute atomic E-state index is 0.0882. The van der Waals surface area contributed by atoms with Crippen LogP contribution >= 0.6 is 0 Å². The number of nitrogens with zero attached hydrogens (tertiary/aromatic N) is 4. The Morgan fingerprint density at radius 1 is 1.00 bits per heavy atom. The van der Waals surface area contributed by atoms with Gasteiger partial charge in [-0.15, -0.1) is 0 Å². The molecule has 3 heterocycles. The molecule has 6 heteroatoms. The average Bonchev–Trinajstić information content (AvgIpc) is 3.57. The molecule has 1 amide bonds. The molecule has 1 saturated carbocycles. The maximum atomic E-state index is 12.6. The number of aryl methyl sites for hydroxylation is 1. The second kappa shape index (κ2) is 9.03. The smallest absolute Gasteiger partial charge is 0.257 e. The van der Waals surface area contributed by atoms with Crippen LogP contribution < -0.4 is 4.74 Å². The van der Waals surface area contributed by atoms with Gasteiger partial charge < -0.3 is 14.5 Å². The molecule has 31 heavy (non-hydrogen) atoms. The molecule has 1 aliphatic carbocycles. The van der Waals surface area contributed by atoms with Gasteiger partial charge in [0.15, 0.2) is 0 Å². The van der Waals surface area contributed by atoms with Gasteiger partial charge in [-0.1, -0.05) is 12.8 Å². The highest BCUT2D eigenvalue weighted by Crippen LogP contribution is 2.28. The standard InChI is InChI=1S/C25H34N4O2/c1-19-16-23(31-22-10-14-27(15-11-22)21-6-2-3-7-21)8-9-24(19)29-18-20(17-26-29)25(30)28-12-4-5-13-28/h8-9,16-18,21-22H,2-7,10-15H2,1H3. The molecular weight excluding hydrogens is 388 g/mol. The SMILES string of the molecule is Cc1cc(OC2CCN(C3CCCC3)CC2)ccc1-n1cc(C(=O)N2CCCC2)cn1. The summed E-state index contributed by atoms with van der Waals surface area (Å²) in [5.41, 5.74) is 2.75. The lowest BCUT2D eigenvalue weighted by molar-refractivity contribution is 0.0767. The Bertz CT molecular complexity index is 904. The van der Waals surface area contributed by atoms with Crippen molar-refractivity contribution >= 4 is 5.91 Å². The molecule has 3 aliphatic rings. The first-order chi connectivity index (χ1) is 15.2. The topological polar surface area (TPSA) is 50.6 Å².